The molecule has 2 heterocycles. The summed E-state index contributed by atoms with van der Waals surface area (Å²) in [4.78, 5) is 19.0. The molecule has 1 aromatic carbocycles. The monoisotopic (exact) mass is 336 g/mol. The van der Waals surface area contributed by atoms with Gasteiger partial charge in [0.25, 0.3) is 5.91 Å². The highest BCUT2D eigenvalue weighted by Crippen LogP contribution is 2.26. The Labute approximate surface area is 148 Å². The quantitative estimate of drug-likeness (QED) is 0.710. The normalized spacial score (nSPS) is 11.0. The number of rotatable bonds is 5. The third-order valence-corrected chi connectivity index (χ3v) is 4.27. The Morgan fingerprint density at radius 1 is 1.24 bits per heavy atom. The van der Waals surface area contributed by atoms with Gasteiger partial charge in [0.2, 0.25) is 0 Å². The number of hydrogen-bond donors (Lipinski definition) is 0. The van der Waals surface area contributed by atoms with E-state index in [4.69, 9.17) is 4.98 Å². The summed E-state index contributed by atoms with van der Waals surface area (Å²) in [5, 5.41) is 5.30. The van der Waals surface area contributed by atoms with Crippen LogP contribution in [-0.4, -0.2) is 39.7 Å². The van der Waals surface area contributed by atoms with E-state index in [0.717, 1.165) is 47.1 Å². The zero-order valence-corrected chi connectivity index (χ0v) is 15.3. The molecule has 25 heavy (non-hydrogen) atoms. The van der Waals surface area contributed by atoms with Crippen molar-refractivity contribution in [3.8, 4) is 11.3 Å². The number of carbonyl (C=O) groups is 1. The molecule has 5 heteroatoms. The molecule has 0 spiro atoms. The summed E-state index contributed by atoms with van der Waals surface area (Å²) in [7, 11) is 3.54. The predicted molar refractivity (Wildman–Crippen MR) is 101 cm³/mol. The maximum atomic E-state index is 12.7. The lowest BCUT2D eigenvalue weighted by Gasteiger charge is -2.14. The van der Waals surface area contributed by atoms with Crippen LogP contribution in [0.1, 0.15) is 35.7 Å². The molecule has 2 aromatic heterocycles. The highest BCUT2D eigenvalue weighted by Gasteiger charge is 2.16. The van der Waals surface area contributed by atoms with Gasteiger partial charge in [-0.2, -0.15) is 5.10 Å². The Hall–Kier alpha value is -2.69. The van der Waals surface area contributed by atoms with Crippen LogP contribution >= 0.6 is 0 Å². The van der Waals surface area contributed by atoms with E-state index < -0.39 is 0 Å². The van der Waals surface area contributed by atoms with Gasteiger partial charge >= 0.3 is 0 Å². The number of nitrogens with zero attached hydrogens (tertiary/aromatic N) is 4. The van der Waals surface area contributed by atoms with Crippen LogP contribution in [0.15, 0.2) is 36.7 Å². The van der Waals surface area contributed by atoms with Crippen LogP contribution < -0.4 is 0 Å². The number of aryl methyl sites for hydroxylation is 2. The molecular formula is C20H24N4O. The van der Waals surface area contributed by atoms with E-state index in [-0.39, 0.29) is 5.91 Å². The second-order valence-corrected chi connectivity index (χ2v) is 6.62. The molecule has 0 radical (unpaired) electrons. The number of hydrogen-bond acceptors (Lipinski definition) is 3. The summed E-state index contributed by atoms with van der Waals surface area (Å²) in [6, 6.07) is 7.90. The third-order valence-electron chi connectivity index (χ3n) is 4.27. The van der Waals surface area contributed by atoms with Crippen LogP contribution in [-0.2, 0) is 6.54 Å². The maximum Gasteiger partial charge on any atom is 0.254 e. The number of aromatic nitrogens is 3. The molecule has 3 rings (SSSR count). The van der Waals surface area contributed by atoms with Gasteiger partial charge in [-0.05, 0) is 31.5 Å². The number of pyridine rings is 1. The molecule has 0 unspecified atom stereocenters. The summed E-state index contributed by atoms with van der Waals surface area (Å²) < 4.78 is 1.94. The van der Waals surface area contributed by atoms with Crippen LogP contribution in [0.5, 0.6) is 0 Å². The second kappa shape index (κ2) is 7.05. The van der Waals surface area contributed by atoms with Gasteiger partial charge in [0.15, 0.2) is 0 Å². The minimum Gasteiger partial charge on any atom is -0.345 e. The Bertz CT molecular complexity index is 911. The molecule has 3 aromatic rings. The molecule has 1 amide bonds. The van der Waals surface area contributed by atoms with E-state index in [1.165, 1.54) is 0 Å². The van der Waals surface area contributed by atoms with Crippen molar-refractivity contribution in [2.24, 2.45) is 0 Å². The number of unbranched alkanes of at least 4 members (excludes halogenated alkanes) is 1. The minimum atomic E-state index is -0.0161. The molecule has 130 valence electrons. The summed E-state index contributed by atoms with van der Waals surface area (Å²) in [6.07, 6.45) is 6.05. The summed E-state index contributed by atoms with van der Waals surface area (Å²) in [5.41, 5.74) is 4.34. The van der Waals surface area contributed by atoms with Crippen LogP contribution in [0.4, 0.5) is 0 Å². The van der Waals surface area contributed by atoms with Gasteiger partial charge in [-0.25, -0.2) is 4.98 Å². The van der Waals surface area contributed by atoms with Gasteiger partial charge in [0, 0.05) is 37.8 Å². The van der Waals surface area contributed by atoms with Gasteiger partial charge in [0.05, 0.1) is 23.0 Å². The highest BCUT2D eigenvalue weighted by atomic mass is 16.2. The number of carbonyl (C=O) groups excluding carboxylic acids is 1. The van der Waals surface area contributed by atoms with Crippen molar-refractivity contribution >= 4 is 16.8 Å². The average Bonchev–Trinajstić information content (AvgIpc) is 3.07. The first-order valence-electron chi connectivity index (χ1n) is 8.65. The first-order chi connectivity index (χ1) is 12.0. The van der Waals surface area contributed by atoms with Gasteiger partial charge in [0.1, 0.15) is 0 Å². The van der Waals surface area contributed by atoms with Crippen molar-refractivity contribution in [1.29, 1.82) is 0 Å². The molecule has 5 nitrogen and oxygen atoms in total. The number of fused-ring (bicyclic) bond motifs is 1. The van der Waals surface area contributed by atoms with E-state index in [1.54, 1.807) is 19.0 Å². The second-order valence-electron chi connectivity index (χ2n) is 6.62. The Kier molecular flexibility index (Phi) is 4.83. The summed E-state index contributed by atoms with van der Waals surface area (Å²) in [5.74, 6) is -0.0161. The Morgan fingerprint density at radius 3 is 2.76 bits per heavy atom. The minimum absolute atomic E-state index is 0.0161. The van der Waals surface area contributed by atoms with Crippen LogP contribution in [0.3, 0.4) is 0 Å². The highest BCUT2D eigenvalue weighted by molar-refractivity contribution is 6.07. The first-order valence-corrected chi connectivity index (χ1v) is 8.65. The smallest absolute Gasteiger partial charge is 0.254 e. The lowest BCUT2D eigenvalue weighted by atomic mass is 10.0. The van der Waals surface area contributed by atoms with Gasteiger partial charge in [-0.1, -0.05) is 25.0 Å². The topological polar surface area (TPSA) is 51.0 Å². The van der Waals surface area contributed by atoms with E-state index >= 15 is 0 Å². The average molecular weight is 336 g/mol. The SMILES string of the molecule is CCCCn1cc(-c2cc(C(=O)N(C)C)c3cc(C)ccc3n2)cn1. The van der Waals surface area contributed by atoms with Crippen molar-refractivity contribution in [3.05, 3.63) is 47.8 Å². The predicted octanol–water partition coefficient (Wildman–Crippen LogP) is 3.91. The number of benzene rings is 1. The van der Waals surface area contributed by atoms with Gasteiger partial charge in [-0.15, -0.1) is 0 Å². The molecule has 0 aliphatic carbocycles. The van der Waals surface area contributed by atoms with Gasteiger partial charge < -0.3 is 4.90 Å². The zero-order chi connectivity index (χ0) is 18.0. The zero-order valence-electron chi connectivity index (χ0n) is 15.3. The van der Waals surface area contributed by atoms with Crippen molar-refractivity contribution < 1.29 is 4.79 Å². The molecule has 0 fully saturated rings. The lowest BCUT2D eigenvalue weighted by molar-refractivity contribution is 0.0829. The first kappa shape index (κ1) is 17.1. The maximum absolute atomic E-state index is 12.7. The van der Waals surface area contributed by atoms with E-state index in [0.29, 0.717) is 5.56 Å². The van der Waals surface area contributed by atoms with Crippen molar-refractivity contribution in [2.75, 3.05) is 14.1 Å². The van der Waals surface area contributed by atoms with Crippen molar-refractivity contribution in [1.82, 2.24) is 19.7 Å². The Morgan fingerprint density at radius 2 is 2.04 bits per heavy atom. The molecule has 0 N–H and O–H groups in total. The van der Waals surface area contributed by atoms with Crippen LogP contribution in [0.2, 0.25) is 0 Å². The fourth-order valence-corrected chi connectivity index (χ4v) is 2.84. The fourth-order valence-electron chi connectivity index (χ4n) is 2.84. The molecular weight excluding hydrogens is 312 g/mol. The van der Waals surface area contributed by atoms with E-state index in [2.05, 4.69) is 12.0 Å². The standard InChI is InChI=1S/C20H24N4O/c1-5-6-9-24-13-15(12-21-24)19-11-17(20(25)23(3)4)16-10-14(2)7-8-18(16)22-19/h7-8,10-13H,5-6,9H2,1-4H3. The molecule has 0 aliphatic heterocycles. The molecule has 0 saturated carbocycles. The van der Waals surface area contributed by atoms with Crippen molar-refractivity contribution in [2.45, 2.75) is 33.2 Å². The fraction of sp³-hybridized carbons (Fsp3) is 0.350. The lowest BCUT2D eigenvalue weighted by Crippen LogP contribution is -2.22. The summed E-state index contributed by atoms with van der Waals surface area (Å²) >= 11 is 0. The summed E-state index contributed by atoms with van der Waals surface area (Å²) in [6.45, 7) is 5.08. The number of amides is 1. The van der Waals surface area contributed by atoms with Crippen LogP contribution in [0.25, 0.3) is 22.2 Å². The largest absolute Gasteiger partial charge is 0.345 e. The van der Waals surface area contributed by atoms with Crippen molar-refractivity contribution in [3.63, 3.8) is 0 Å². The van der Waals surface area contributed by atoms with E-state index in [1.807, 2.05) is 48.3 Å². The molecule has 0 aliphatic rings. The molecule has 0 bridgehead atoms. The van der Waals surface area contributed by atoms with Gasteiger partial charge in [-0.3, -0.25) is 9.48 Å². The molecule has 0 saturated heterocycles. The van der Waals surface area contributed by atoms with Crippen LogP contribution in [0, 0.1) is 6.92 Å². The van der Waals surface area contributed by atoms with E-state index in [9.17, 15) is 4.79 Å². The molecule has 0 atom stereocenters. The Balaban J connectivity index is 2.11. The third kappa shape index (κ3) is 3.55.